The van der Waals surface area contributed by atoms with Gasteiger partial charge in [0.15, 0.2) is 0 Å². The smallest absolute Gasteiger partial charge is 0.337 e. The van der Waals surface area contributed by atoms with Gasteiger partial charge in [0.25, 0.3) is 0 Å². The summed E-state index contributed by atoms with van der Waals surface area (Å²) in [7, 11) is 1.38. The van der Waals surface area contributed by atoms with Crippen molar-refractivity contribution in [2.75, 3.05) is 13.7 Å². The van der Waals surface area contributed by atoms with Crippen molar-refractivity contribution in [2.45, 2.75) is 64.8 Å². The standard InChI is InChI=1S/C20H31N3O3/c1-13(2)22-19(24)18-10-17(12-23(18)14(3)4)21-11-15-6-8-16(9-7-15)20(25)26-5/h6-9,13-14,17-18,21H,10-12H2,1-5H3,(H,22,24)/t17-,18+/m1/s1. The minimum atomic E-state index is -0.327. The van der Waals surface area contributed by atoms with Crippen LogP contribution in [0.1, 0.15) is 50.0 Å². The van der Waals surface area contributed by atoms with Crippen molar-refractivity contribution in [3.05, 3.63) is 35.4 Å². The van der Waals surface area contributed by atoms with E-state index in [-0.39, 0.29) is 30.0 Å². The zero-order valence-corrected chi connectivity index (χ0v) is 16.4. The first kappa shape index (κ1) is 20.4. The summed E-state index contributed by atoms with van der Waals surface area (Å²) in [6.45, 7) is 9.79. The highest BCUT2D eigenvalue weighted by atomic mass is 16.5. The van der Waals surface area contributed by atoms with Crippen molar-refractivity contribution in [1.82, 2.24) is 15.5 Å². The normalized spacial score (nSPS) is 20.6. The molecule has 0 spiro atoms. The maximum Gasteiger partial charge on any atom is 0.337 e. The summed E-state index contributed by atoms with van der Waals surface area (Å²) < 4.78 is 4.72. The second-order valence-corrected chi connectivity index (χ2v) is 7.47. The molecule has 2 N–H and O–H groups in total. The van der Waals surface area contributed by atoms with E-state index in [4.69, 9.17) is 4.74 Å². The largest absolute Gasteiger partial charge is 0.465 e. The number of nitrogens with zero attached hydrogens (tertiary/aromatic N) is 1. The summed E-state index contributed by atoms with van der Waals surface area (Å²) in [5, 5.41) is 6.58. The van der Waals surface area contributed by atoms with Gasteiger partial charge in [0.1, 0.15) is 0 Å². The molecule has 1 aliphatic heterocycles. The van der Waals surface area contributed by atoms with Crippen LogP contribution in [0.4, 0.5) is 0 Å². The quantitative estimate of drug-likeness (QED) is 0.727. The monoisotopic (exact) mass is 361 g/mol. The molecule has 0 bridgehead atoms. The van der Waals surface area contributed by atoms with Crippen molar-refractivity contribution in [1.29, 1.82) is 0 Å². The zero-order valence-electron chi connectivity index (χ0n) is 16.4. The third-order valence-corrected chi connectivity index (χ3v) is 4.71. The van der Waals surface area contributed by atoms with Crippen molar-refractivity contribution in [3.63, 3.8) is 0 Å². The highest BCUT2D eigenvalue weighted by Gasteiger charge is 2.37. The molecule has 6 nitrogen and oxygen atoms in total. The summed E-state index contributed by atoms with van der Waals surface area (Å²) in [6.07, 6.45) is 0.803. The van der Waals surface area contributed by atoms with Crippen LogP contribution in [0.3, 0.4) is 0 Å². The van der Waals surface area contributed by atoms with Gasteiger partial charge in [-0.25, -0.2) is 4.79 Å². The van der Waals surface area contributed by atoms with Crippen LogP contribution in [0.15, 0.2) is 24.3 Å². The molecular formula is C20H31N3O3. The van der Waals surface area contributed by atoms with E-state index in [0.29, 0.717) is 18.2 Å². The Morgan fingerprint density at radius 2 is 1.85 bits per heavy atom. The van der Waals surface area contributed by atoms with Gasteiger partial charge in [0.05, 0.1) is 18.7 Å². The van der Waals surface area contributed by atoms with Crippen LogP contribution < -0.4 is 10.6 Å². The van der Waals surface area contributed by atoms with Crippen LogP contribution in [0, 0.1) is 0 Å². The Morgan fingerprint density at radius 3 is 2.38 bits per heavy atom. The topological polar surface area (TPSA) is 70.7 Å². The van der Waals surface area contributed by atoms with Gasteiger partial charge in [0.2, 0.25) is 5.91 Å². The van der Waals surface area contributed by atoms with E-state index >= 15 is 0 Å². The van der Waals surface area contributed by atoms with Crippen LogP contribution >= 0.6 is 0 Å². The van der Waals surface area contributed by atoms with Crippen molar-refractivity contribution in [3.8, 4) is 0 Å². The number of nitrogens with one attached hydrogen (secondary N) is 2. The molecule has 1 saturated heterocycles. The molecule has 2 rings (SSSR count). The van der Waals surface area contributed by atoms with Crippen molar-refractivity contribution >= 4 is 11.9 Å². The van der Waals surface area contributed by atoms with Crippen LogP contribution in [-0.4, -0.2) is 54.6 Å². The fourth-order valence-electron chi connectivity index (χ4n) is 3.36. The Bertz CT molecular complexity index is 613. The zero-order chi connectivity index (χ0) is 19.3. The fraction of sp³-hybridized carbons (Fsp3) is 0.600. The predicted molar refractivity (Wildman–Crippen MR) is 102 cm³/mol. The Labute approximate surface area is 156 Å². The third kappa shape index (κ3) is 5.29. The van der Waals surface area contributed by atoms with Gasteiger partial charge in [-0.2, -0.15) is 0 Å². The van der Waals surface area contributed by atoms with E-state index in [1.807, 2.05) is 26.0 Å². The Kier molecular flexibility index (Phi) is 7.17. The van der Waals surface area contributed by atoms with E-state index in [0.717, 1.165) is 18.5 Å². The average Bonchev–Trinajstić information content (AvgIpc) is 3.04. The molecule has 144 valence electrons. The van der Waals surface area contributed by atoms with E-state index in [2.05, 4.69) is 29.4 Å². The number of amides is 1. The molecule has 1 amide bonds. The number of likely N-dealkylation sites (tertiary alicyclic amines) is 1. The van der Waals surface area contributed by atoms with Crippen LogP contribution in [0.2, 0.25) is 0 Å². The maximum absolute atomic E-state index is 12.5. The molecule has 0 unspecified atom stereocenters. The Balaban J connectivity index is 1.93. The SMILES string of the molecule is COC(=O)c1ccc(CN[C@@H]2C[C@@H](C(=O)NC(C)C)N(C(C)C)C2)cc1. The number of esters is 1. The minimum Gasteiger partial charge on any atom is -0.465 e. The number of ether oxygens (including phenoxy) is 1. The van der Waals surface area contributed by atoms with Crippen LogP contribution in [0.25, 0.3) is 0 Å². The van der Waals surface area contributed by atoms with E-state index < -0.39 is 0 Å². The van der Waals surface area contributed by atoms with E-state index in [1.54, 1.807) is 12.1 Å². The summed E-state index contributed by atoms with van der Waals surface area (Å²) in [4.78, 5) is 26.2. The lowest BCUT2D eigenvalue weighted by Gasteiger charge is -2.27. The van der Waals surface area contributed by atoms with E-state index in [1.165, 1.54) is 7.11 Å². The van der Waals surface area contributed by atoms with E-state index in [9.17, 15) is 9.59 Å². The second-order valence-electron chi connectivity index (χ2n) is 7.47. The van der Waals surface area contributed by atoms with Crippen LogP contribution in [0.5, 0.6) is 0 Å². The summed E-state index contributed by atoms with van der Waals surface area (Å²) in [6, 6.07) is 8.06. The highest BCUT2D eigenvalue weighted by Crippen LogP contribution is 2.21. The third-order valence-electron chi connectivity index (χ3n) is 4.71. The van der Waals surface area contributed by atoms with Gasteiger partial charge in [-0.1, -0.05) is 12.1 Å². The molecule has 1 aromatic rings. The second kappa shape index (κ2) is 9.14. The van der Waals surface area contributed by atoms with Gasteiger partial charge in [-0.15, -0.1) is 0 Å². The fourth-order valence-corrected chi connectivity index (χ4v) is 3.36. The highest BCUT2D eigenvalue weighted by molar-refractivity contribution is 5.89. The molecule has 1 aromatic carbocycles. The molecule has 0 saturated carbocycles. The van der Waals surface area contributed by atoms with Gasteiger partial charge >= 0.3 is 5.97 Å². The molecule has 1 fully saturated rings. The maximum atomic E-state index is 12.5. The Morgan fingerprint density at radius 1 is 1.19 bits per heavy atom. The molecule has 0 radical (unpaired) electrons. The molecule has 0 aromatic heterocycles. The lowest BCUT2D eigenvalue weighted by molar-refractivity contribution is -0.126. The number of benzene rings is 1. The van der Waals surface area contributed by atoms with Gasteiger partial charge < -0.3 is 15.4 Å². The van der Waals surface area contributed by atoms with Gasteiger partial charge in [-0.3, -0.25) is 9.69 Å². The number of carbonyl (C=O) groups excluding carboxylic acids is 2. The molecule has 1 aliphatic rings. The molecule has 6 heteroatoms. The molecule has 0 aliphatic carbocycles. The number of methoxy groups -OCH3 is 1. The molecule has 1 heterocycles. The summed E-state index contributed by atoms with van der Waals surface area (Å²) in [5.74, 6) is -0.215. The number of carbonyl (C=O) groups is 2. The first-order valence-corrected chi connectivity index (χ1v) is 9.28. The predicted octanol–water partition coefficient (Wildman–Crippen LogP) is 1.94. The van der Waals surface area contributed by atoms with Crippen molar-refractivity contribution < 1.29 is 14.3 Å². The summed E-state index contributed by atoms with van der Waals surface area (Å²) >= 11 is 0. The summed E-state index contributed by atoms with van der Waals surface area (Å²) in [5.41, 5.74) is 1.65. The van der Waals surface area contributed by atoms with Gasteiger partial charge in [0, 0.05) is 31.2 Å². The lowest BCUT2D eigenvalue weighted by Crippen LogP contribution is -2.47. The molecule has 2 atom stereocenters. The average molecular weight is 361 g/mol. The molecule has 26 heavy (non-hydrogen) atoms. The minimum absolute atomic E-state index is 0.0865. The number of hydrogen-bond acceptors (Lipinski definition) is 5. The first-order valence-electron chi connectivity index (χ1n) is 9.28. The first-order chi connectivity index (χ1) is 12.3. The Hall–Kier alpha value is -1.92. The number of hydrogen-bond donors (Lipinski definition) is 2. The van der Waals surface area contributed by atoms with Crippen LogP contribution in [-0.2, 0) is 16.1 Å². The number of rotatable bonds is 7. The van der Waals surface area contributed by atoms with Gasteiger partial charge in [-0.05, 0) is 51.8 Å². The van der Waals surface area contributed by atoms with Crippen molar-refractivity contribution in [2.24, 2.45) is 0 Å². The molecular weight excluding hydrogens is 330 g/mol. The lowest BCUT2D eigenvalue weighted by atomic mass is 10.1.